The third-order valence-electron chi connectivity index (χ3n) is 2.58. The summed E-state index contributed by atoms with van der Waals surface area (Å²) < 4.78 is 0. The van der Waals surface area contributed by atoms with Crippen molar-refractivity contribution in [1.82, 2.24) is 0 Å². The molecular formula is C12H13NO. The molecule has 0 unspecified atom stereocenters. The molecule has 14 heavy (non-hydrogen) atoms. The number of aliphatic imine (C=N–C) groups is 1. The van der Waals surface area contributed by atoms with Crippen molar-refractivity contribution in [2.24, 2.45) is 4.99 Å². The first-order valence-electron chi connectivity index (χ1n) is 5.02. The fourth-order valence-electron chi connectivity index (χ4n) is 1.65. The van der Waals surface area contributed by atoms with Gasteiger partial charge in [0.25, 0.3) is 0 Å². The fourth-order valence-corrected chi connectivity index (χ4v) is 1.65. The van der Waals surface area contributed by atoms with Gasteiger partial charge < -0.3 is 0 Å². The van der Waals surface area contributed by atoms with E-state index in [4.69, 9.17) is 0 Å². The number of benzene rings is 1. The van der Waals surface area contributed by atoms with E-state index >= 15 is 0 Å². The maximum atomic E-state index is 9.89. The number of carbonyl (C=O) groups excluding carboxylic acids is 1. The van der Waals surface area contributed by atoms with Gasteiger partial charge in [-0.2, -0.15) is 0 Å². The molecule has 1 saturated carbocycles. The van der Waals surface area contributed by atoms with Gasteiger partial charge >= 0.3 is 0 Å². The molecule has 0 saturated heterocycles. The lowest BCUT2D eigenvalue weighted by Crippen LogP contribution is -1.90. The van der Waals surface area contributed by atoms with Crippen LogP contribution < -0.4 is 0 Å². The Balaban J connectivity index is 2.02. The lowest BCUT2D eigenvalue weighted by atomic mass is 10.1. The first-order chi connectivity index (χ1) is 6.90. The van der Waals surface area contributed by atoms with Crippen molar-refractivity contribution in [2.75, 3.05) is 6.54 Å². The summed E-state index contributed by atoms with van der Waals surface area (Å²) in [7, 11) is 0. The molecule has 2 nitrogen and oxygen atoms in total. The highest BCUT2D eigenvalue weighted by molar-refractivity contribution is 5.33. The molecule has 72 valence electrons. The third kappa shape index (κ3) is 2.30. The molecule has 0 spiro atoms. The van der Waals surface area contributed by atoms with E-state index in [1.54, 1.807) is 6.08 Å². The van der Waals surface area contributed by atoms with Gasteiger partial charge in [0.2, 0.25) is 6.08 Å². The van der Waals surface area contributed by atoms with Gasteiger partial charge in [-0.3, -0.25) is 0 Å². The van der Waals surface area contributed by atoms with E-state index in [2.05, 4.69) is 29.3 Å². The summed E-state index contributed by atoms with van der Waals surface area (Å²) in [6.07, 6.45) is 5.06. The molecule has 0 atom stereocenters. The lowest BCUT2D eigenvalue weighted by Gasteiger charge is -2.01. The Labute approximate surface area is 83.7 Å². The molecule has 0 bridgehead atoms. The second kappa shape index (κ2) is 4.21. The van der Waals surface area contributed by atoms with Crippen molar-refractivity contribution < 1.29 is 4.79 Å². The molecule has 1 aliphatic rings. The largest absolute Gasteiger partial charge is 0.234 e. The van der Waals surface area contributed by atoms with E-state index in [0.29, 0.717) is 6.54 Å². The Bertz CT molecular complexity index is 362. The first-order valence-corrected chi connectivity index (χ1v) is 5.02. The zero-order chi connectivity index (χ0) is 9.80. The molecule has 0 N–H and O–H groups in total. The van der Waals surface area contributed by atoms with E-state index in [1.165, 1.54) is 24.0 Å². The van der Waals surface area contributed by atoms with Crippen LogP contribution in [0.5, 0.6) is 0 Å². The van der Waals surface area contributed by atoms with Crippen molar-refractivity contribution in [3.63, 3.8) is 0 Å². The summed E-state index contributed by atoms with van der Waals surface area (Å²) >= 11 is 0. The van der Waals surface area contributed by atoms with Crippen molar-refractivity contribution >= 4 is 6.08 Å². The number of hydrogen-bond donors (Lipinski definition) is 0. The van der Waals surface area contributed by atoms with E-state index in [9.17, 15) is 4.79 Å². The van der Waals surface area contributed by atoms with E-state index in [-0.39, 0.29) is 0 Å². The van der Waals surface area contributed by atoms with E-state index in [1.807, 2.05) is 0 Å². The second-order valence-electron chi connectivity index (χ2n) is 3.74. The van der Waals surface area contributed by atoms with Gasteiger partial charge in [-0.25, -0.2) is 9.79 Å². The highest BCUT2D eigenvalue weighted by atomic mass is 16.1. The van der Waals surface area contributed by atoms with Crippen molar-refractivity contribution in [2.45, 2.75) is 25.2 Å². The summed E-state index contributed by atoms with van der Waals surface area (Å²) in [6.45, 7) is 0.553. The second-order valence-corrected chi connectivity index (χ2v) is 3.74. The predicted octanol–water partition coefficient (Wildman–Crippen LogP) is 2.44. The van der Waals surface area contributed by atoms with Crippen molar-refractivity contribution in [3.05, 3.63) is 35.4 Å². The standard InChI is InChI=1S/C12H13NO/c14-9-13-7-6-10-2-1-3-12(8-10)11-4-5-11/h1-3,8,11H,4-7H2. The first kappa shape index (κ1) is 9.17. The quantitative estimate of drug-likeness (QED) is 0.526. The van der Waals surface area contributed by atoms with Gasteiger partial charge in [-0.1, -0.05) is 24.3 Å². The van der Waals surface area contributed by atoms with Crippen LogP contribution >= 0.6 is 0 Å². The van der Waals surface area contributed by atoms with Gasteiger partial charge in [0.05, 0.1) is 6.54 Å². The maximum absolute atomic E-state index is 9.89. The third-order valence-corrected chi connectivity index (χ3v) is 2.58. The van der Waals surface area contributed by atoms with Crippen LogP contribution in [0.15, 0.2) is 29.3 Å². The highest BCUT2D eigenvalue weighted by Crippen LogP contribution is 2.40. The van der Waals surface area contributed by atoms with Crippen molar-refractivity contribution in [3.8, 4) is 0 Å². The molecule has 1 aliphatic carbocycles. The zero-order valence-electron chi connectivity index (χ0n) is 8.07. The Morgan fingerprint density at radius 1 is 1.43 bits per heavy atom. The fraction of sp³-hybridized carbons (Fsp3) is 0.417. The average molecular weight is 187 g/mol. The average Bonchev–Trinajstić information content (AvgIpc) is 3.02. The minimum atomic E-state index is 0.553. The molecule has 0 heterocycles. The van der Waals surface area contributed by atoms with Crippen LogP contribution in [0, 0.1) is 0 Å². The molecule has 0 aliphatic heterocycles. The molecule has 2 heteroatoms. The molecule has 2 rings (SSSR count). The maximum Gasteiger partial charge on any atom is 0.234 e. The molecule has 0 amide bonds. The lowest BCUT2D eigenvalue weighted by molar-refractivity contribution is 0.563. The summed E-state index contributed by atoms with van der Waals surface area (Å²) in [5.41, 5.74) is 2.71. The summed E-state index contributed by atoms with van der Waals surface area (Å²) in [4.78, 5) is 13.4. The Hall–Kier alpha value is -1.40. The van der Waals surface area contributed by atoms with Gasteiger partial charge in [-0.15, -0.1) is 0 Å². The molecule has 0 aromatic heterocycles. The molecule has 1 fully saturated rings. The normalized spacial score (nSPS) is 14.9. The minimum Gasteiger partial charge on any atom is -0.211 e. The number of rotatable bonds is 4. The Morgan fingerprint density at radius 2 is 2.29 bits per heavy atom. The van der Waals surface area contributed by atoms with Crippen LogP contribution in [-0.4, -0.2) is 12.6 Å². The van der Waals surface area contributed by atoms with E-state index in [0.717, 1.165) is 12.3 Å². The SMILES string of the molecule is O=C=NCCc1cccc(C2CC2)c1. The number of isocyanates is 1. The van der Waals surface area contributed by atoms with Gasteiger partial charge in [-0.05, 0) is 36.3 Å². The molecule has 1 aromatic carbocycles. The van der Waals surface area contributed by atoms with Crippen LogP contribution in [-0.2, 0) is 11.2 Å². The van der Waals surface area contributed by atoms with Gasteiger partial charge in [0.1, 0.15) is 0 Å². The van der Waals surface area contributed by atoms with Crippen molar-refractivity contribution in [1.29, 1.82) is 0 Å². The Kier molecular flexibility index (Phi) is 2.76. The number of nitrogens with zero attached hydrogens (tertiary/aromatic N) is 1. The van der Waals surface area contributed by atoms with Crippen LogP contribution in [0.25, 0.3) is 0 Å². The van der Waals surface area contributed by atoms with Crippen LogP contribution in [0.2, 0.25) is 0 Å². The number of hydrogen-bond acceptors (Lipinski definition) is 2. The highest BCUT2D eigenvalue weighted by Gasteiger charge is 2.23. The summed E-state index contributed by atoms with van der Waals surface area (Å²) in [5, 5.41) is 0. The molecule has 1 aromatic rings. The van der Waals surface area contributed by atoms with E-state index < -0.39 is 0 Å². The summed E-state index contributed by atoms with van der Waals surface area (Å²) in [6, 6.07) is 8.60. The van der Waals surface area contributed by atoms with Gasteiger partial charge in [0, 0.05) is 0 Å². The topological polar surface area (TPSA) is 29.4 Å². The minimum absolute atomic E-state index is 0.553. The van der Waals surface area contributed by atoms with Crippen LogP contribution in [0.1, 0.15) is 29.9 Å². The summed E-state index contributed by atoms with van der Waals surface area (Å²) in [5.74, 6) is 0.796. The zero-order valence-corrected chi connectivity index (χ0v) is 8.07. The predicted molar refractivity (Wildman–Crippen MR) is 55.1 cm³/mol. The monoisotopic (exact) mass is 187 g/mol. The van der Waals surface area contributed by atoms with Crippen LogP contribution in [0.4, 0.5) is 0 Å². The molecule has 0 radical (unpaired) electrons. The Morgan fingerprint density at radius 3 is 3.00 bits per heavy atom. The van der Waals surface area contributed by atoms with Gasteiger partial charge in [0.15, 0.2) is 0 Å². The van der Waals surface area contributed by atoms with Crippen LogP contribution in [0.3, 0.4) is 0 Å². The smallest absolute Gasteiger partial charge is 0.211 e. The molecular weight excluding hydrogens is 174 g/mol.